The van der Waals surface area contributed by atoms with Crippen LogP contribution in [0.4, 0.5) is 18.9 Å². The molecule has 1 fully saturated rings. The van der Waals surface area contributed by atoms with Crippen molar-refractivity contribution in [3.8, 4) is 0 Å². The predicted octanol–water partition coefficient (Wildman–Crippen LogP) is 3.18. The first-order valence-corrected chi connectivity index (χ1v) is 6.92. The third-order valence-electron chi connectivity index (χ3n) is 3.85. The first-order chi connectivity index (χ1) is 9.97. The number of fused-ring (bicyclic) bond motifs is 1. The van der Waals surface area contributed by atoms with E-state index in [-0.39, 0.29) is 11.6 Å². The van der Waals surface area contributed by atoms with Crippen LogP contribution in [0.2, 0.25) is 0 Å². The van der Waals surface area contributed by atoms with Gasteiger partial charge in [-0.25, -0.2) is 0 Å². The lowest BCUT2D eigenvalue weighted by Crippen LogP contribution is -2.42. The van der Waals surface area contributed by atoms with Gasteiger partial charge in [0.1, 0.15) is 0 Å². The van der Waals surface area contributed by atoms with Gasteiger partial charge in [0, 0.05) is 36.4 Å². The van der Waals surface area contributed by atoms with Gasteiger partial charge in [-0.2, -0.15) is 13.2 Å². The molecule has 3 nitrogen and oxygen atoms in total. The summed E-state index contributed by atoms with van der Waals surface area (Å²) in [5.41, 5.74) is 6.06. The molecule has 112 valence electrons. The molecule has 0 saturated carbocycles. The van der Waals surface area contributed by atoms with Crippen molar-refractivity contribution in [1.82, 2.24) is 4.98 Å². The zero-order valence-electron chi connectivity index (χ0n) is 11.4. The van der Waals surface area contributed by atoms with E-state index in [1.807, 2.05) is 0 Å². The molecular weight excluding hydrogens is 279 g/mol. The van der Waals surface area contributed by atoms with Crippen molar-refractivity contribution >= 4 is 16.6 Å². The van der Waals surface area contributed by atoms with E-state index in [9.17, 15) is 13.2 Å². The highest BCUT2D eigenvalue weighted by molar-refractivity contribution is 5.94. The van der Waals surface area contributed by atoms with Crippen molar-refractivity contribution in [2.45, 2.75) is 25.1 Å². The standard InChI is InChI=1S/C15H16F3N3/c16-15(17,18)12-5-6-13(11-4-1-7-20-14(11)12)21-8-2-3-10(19)9-21/h1,4-7,10H,2-3,8-9,19H2. The zero-order chi connectivity index (χ0) is 15.0. The van der Waals surface area contributed by atoms with Crippen LogP contribution in [0.3, 0.4) is 0 Å². The number of pyridine rings is 1. The number of aromatic nitrogens is 1. The molecule has 1 aliphatic heterocycles. The molecule has 1 aromatic carbocycles. The van der Waals surface area contributed by atoms with Crippen LogP contribution in [-0.2, 0) is 6.18 Å². The number of rotatable bonds is 1. The Kier molecular flexibility index (Phi) is 3.49. The highest BCUT2D eigenvalue weighted by atomic mass is 19.4. The summed E-state index contributed by atoms with van der Waals surface area (Å²) in [5, 5.41) is 0.529. The van der Waals surface area contributed by atoms with Gasteiger partial charge in [0.2, 0.25) is 0 Å². The molecule has 1 unspecified atom stereocenters. The molecule has 1 atom stereocenters. The maximum absolute atomic E-state index is 13.1. The monoisotopic (exact) mass is 295 g/mol. The predicted molar refractivity (Wildman–Crippen MR) is 76.2 cm³/mol. The van der Waals surface area contributed by atoms with Crippen molar-refractivity contribution in [2.24, 2.45) is 5.73 Å². The lowest BCUT2D eigenvalue weighted by molar-refractivity contribution is -0.136. The van der Waals surface area contributed by atoms with E-state index in [1.165, 1.54) is 12.3 Å². The number of halogens is 3. The van der Waals surface area contributed by atoms with Crippen LogP contribution in [0.1, 0.15) is 18.4 Å². The molecule has 0 radical (unpaired) electrons. The minimum Gasteiger partial charge on any atom is -0.369 e. The van der Waals surface area contributed by atoms with Crippen molar-refractivity contribution in [1.29, 1.82) is 0 Å². The van der Waals surface area contributed by atoms with Gasteiger partial charge in [-0.15, -0.1) is 0 Å². The Morgan fingerprint density at radius 2 is 2.05 bits per heavy atom. The lowest BCUT2D eigenvalue weighted by Gasteiger charge is -2.33. The van der Waals surface area contributed by atoms with Crippen LogP contribution < -0.4 is 10.6 Å². The Hall–Kier alpha value is -1.82. The van der Waals surface area contributed by atoms with E-state index in [0.29, 0.717) is 11.9 Å². The lowest BCUT2D eigenvalue weighted by atomic mass is 10.0. The number of anilines is 1. The number of alkyl halides is 3. The number of hydrogen-bond acceptors (Lipinski definition) is 3. The topological polar surface area (TPSA) is 42.1 Å². The summed E-state index contributed by atoms with van der Waals surface area (Å²) in [6, 6.07) is 6.06. The van der Waals surface area contributed by atoms with E-state index in [0.717, 1.165) is 31.1 Å². The van der Waals surface area contributed by atoms with Gasteiger partial charge in [0.05, 0.1) is 11.1 Å². The Morgan fingerprint density at radius 1 is 1.24 bits per heavy atom. The van der Waals surface area contributed by atoms with Crippen LogP contribution >= 0.6 is 0 Å². The summed E-state index contributed by atoms with van der Waals surface area (Å²) in [4.78, 5) is 6.00. The molecule has 1 aromatic heterocycles. The number of benzene rings is 1. The number of nitrogens with zero attached hydrogens (tertiary/aromatic N) is 2. The molecule has 0 amide bonds. The summed E-state index contributed by atoms with van der Waals surface area (Å²) in [6.45, 7) is 1.47. The Morgan fingerprint density at radius 3 is 2.76 bits per heavy atom. The first kappa shape index (κ1) is 14.1. The van der Waals surface area contributed by atoms with Gasteiger partial charge in [-0.05, 0) is 37.1 Å². The molecule has 2 aromatic rings. The van der Waals surface area contributed by atoms with Gasteiger partial charge in [-0.1, -0.05) is 0 Å². The smallest absolute Gasteiger partial charge is 0.369 e. The van der Waals surface area contributed by atoms with Gasteiger partial charge in [0.15, 0.2) is 0 Å². The number of piperidine rings is 1. The molecule has 1 aliphatic rings. The molecular formula is C15H16F3N3. The maximum Gasteiger partial charge on any atom is 0.418 e. The average molecular weight is 295 g/mol. The van der Waals surface area contributed by atoms with E-state index < -0.39 is 11.7 Å². The molecule has 2 N–H and O–H groups in total. The molecule has 3 rings (SSSR count). The van der Waals surface area contributed by atoms with Crippen LogP contribution in [0, 0.1) is 0 Å². The van der Waals surface area contributed by atoms with Crippen molar-refractivity contribution in [3.05, 3.63) is 36.0 Å². The second kappa shape index (κ2) is 5.18. The highest BCUT2D eigenvalue weighted by Crippen LogP contribution is 2.37. The zero-order valence-corrected chi connectivity index (χ0v) is 11.4. The molecule has 1 saturated heterocycles. The SMILES string of the molecule is NC1CCCN(c2ccc(C(F)(F)F)c3ncccc23)C1. The van der Waals surface area contributed by atoms with Crippen molar-refractivity contribution in [2.75, 3.05) is 18.0 Å². The summed E-state index contributed by atoms with van der Waals surface area (Å²) >= 11 is 0. The molecule has 21 heavy (non-hydrogen) atoms. The first-order valence-electron chi connectivity index (χ1n) is 6.92. The molecule has 0 bridgehead atoms. The highest BCUT2D eigenvalue weighted by Gasteiger charge is 2.34. The quantitative estimate of drug-likeness (QED) is 0.878. The fraction of sp³-hybridized carbons (Fsp3) is 0.400. The third-order valence-corrected chi connectivity index (χ3v) is 3.85. The fourth-order valence-electron chi connectivity index (χ4n) is 2.89. The summed E-state index contributed by atoms with van der Waals surface area (Å²) < 4.78 is 39.2. The van der Waals surface area contributed by atoms with E-state index in [4.69, 9.17) is 5.73 Å². The van der Waals surface area contributed by atoms with Crippen molar-refractivity contribution in [3.63, 3.8) is 0 Å². The normalized spacial score (nSPS) is 20.0. The Bertz CT molecular complexity index is 654. The van der Waals surface area contributed by atoms with E-state index >= 15 is 0 Å². The van der Waals surface area contributed by atoms with Gasteiger partial charge in [-0.3, -0.25) is 4.98 Å². The Labute approximate surface area is 120 Å². The second-order valence-electron chi connectivity index (χ2n) is 5.38. The van der Waals surface area contributed by atoms with Crippen LogP contribution in [0.15, 0.2) is 30.5 Å². The largest absolute Gasteiger partial charge is 0.418 e. The summed E-state index contributed by atoms with van der Waals surface area (Å²) in [5.74, 6) is 0. The van der Waals surface area contributed by atoms with Crippen LogP contribution in [0.25, 0.3) is 10.9 Å². The van der Waals surface area contributed by atoms with Crippen LogP contribution in [0.5, 0.6) is 0 Å². The van der Waals surface area contributed by atoms with Gasteiger partial charge < -0.3 is 10.6 Å². The second-order valence-corrected chi connectivity index (χ2v) is 5.38. The van der Waals surface area contributed by atoms with Gasteiger partial charge >= 0.3 is 6.18 Å². The molecule has 2 heterocycles. The minimum absolute atomic E-state index is 0.00152. The molecule has 0 spiro atoms. The molecule has 6 heteroatoms. The maximum atomic E-state index is 13.1. The van der Waals surface area contributed by atoms with Crippen LogP contribution in [-0.4, -0.2) is 24.1 Å². The van der Waals surface area contributed by atoms with Crippen molar-refractivity contribution < 1.29 is 13.2 Å². The Balaban J connectivity index is 2.13. The summed E-state index contributed by atoms with van der Waals surface area (Å²) in [6.07, 6.45) is -1.11. The third kappa shape index (κ3) is 2.68. The number of nitrogens with two attached hydrogens (primary N) is 1. The van der Waals surface area contributed by atoms with Gasteiger partial charge in [0.25, 0.3) is 0 Å². The average Bonchev–Trinajstić information content (AvgIpc) is 2.45. The fourth-order valence-corrected chi connectivity index (χ4v) is 2.89. The summed E-state index contributed by atoms with van der Waals surface area (Å²) in [7, 11) is 0. The molecule has 0 aliphatic carbocycles. The van der Waals surface area contributed by atoms with E-state index in [1.54, 1.807) is 12.1 Å². The minimum atomic E-state index is -4.40. The number of hydrogen-bond donors (Lipinski definition) is 1. The van der Waals surface area contributed by atoms with E-state index in [2.05, 4.69) is 9.88 Å².